The van der Waals surface area contributed by atoms with Crippen LogP contribution in [0, 0.1) is 0 Å². The summed E-state index contributed by atoms with van der Waals surface area (Å²) in [6.45, 7) is 2.13. The number of rotatable bonds is 6. The van der Waals surface area contributed by atoms with Crippen molar-refractivity contribution < 1.29 is 4.79 Å². The van der Waals surface area contributed by atoms with Crippen LogP contribution in [-0.2, 0) is 17.8 Å². The van der Waals surface area contributed by atoms with E-state index in [4.69, 9.17) is 0 Å². The highest BCUT2D eigenvalue weighted by Crippen LogP contribution is 2.24. The van der Waals surface area contributed by atoms with Crippen molar-refractivity contribution >= 4 is 23.4 Å². The van der Waals surface area contributed by atoms with Gasteiger partial charge in [0, 0.05) is 10.5 Å². The van der Waals surface area contributed by atoms with Crippen LogP contribution in [0.3, 0.4) is 0 Å². The average Bonchev–Trinajstić information content (AvgIpc) is 3.10. The van der Waals surface area contributed by atoms with Crippen molar-refractivity contribution in [3.63, 3.8) is 0 Å². The van der Waals surface area contributed by atoms with Gasteiger partial charge in [0.25, 0.3) is 0 Å². The Balaban J connectivity index is 1.67. The molecule has 0 atom stereocenters. The summed E-state index contributed by atoms with van der Waals surface area (Å²) >= 11 is 1.58. The molecule has 0 aliphatic heterocycles. The van der Waals surface area contributed by atoms with Crippen LogP contribution in [0.5, 0.6) is 0 Å². The number of nitrogens with zero attached hydrogens (tertiary/aromatic N) is 4. The highest BCUT2D eigenvalue weighted by atomic mass is 32.2. The first-order valence-electron chi connectivity index (χ1n) is 7.99. The monoisotopic (exact) mass is 353 g/mol. The van der Waals surface area contributed by atoms with Gasteiger partial charge in [-0.3, -0.25) is 4.79 Å². The van der Waals surface area contributed by atoms with Gasteiger partial charge < -0.3 is 5.32 Å². The maximum absolute atomic E-state index is 12.2. The predicted octanol–water partition coefficient (Wildman–Crippen LogP) is 3.26. The lowest BCUT2D eigenvalue weighted by atomic mass is 10.1. The minimum absolute atomic E-state index is 0.0166. The molecule has 1 amide bonds. The number of aryl methyl sites for hydroxylation is 1. The number of aromatic nitrogens is 4. The fourth-order valence-electron chi connectivity index (χ4n) is 2.38. The molecule has 3 rings (SSSR count). The van der Waals surface area contributed by atoms with Gasteiger partial charge in [0.2, 0.25) is 11.7 Å². The first-order valence-corrected chi connectivity index (χ1v) is 9.22. The number of nitrogens with one attached hydrogen (secondary N) is 1. The summed E-state index contributed by atoms with van der Waals surface area (Å²) in [4.78, 5) is 14.5. The van der Waals surface area contributed by atoms with E-state index in [-0.39, 0.29) is 12.5 Å². The third kappa shape index (κ3) is 4.24. The lowest BCUT2D eigenvalue weighted by molar-refractivity contribution is -0.117. The molecule has 0 spiro atoms. The normalized spacial score (nSPS) is 10.6. The molecule has 0 radical (unpaired) electrons. The molecule has 0 aliphatic rings. The molecule has 0 saturated carbocycles. The van der Waals surface area contributed by atoms with Gasteiger partial charge >= 0.3 is 0 Å². The quantitative estimate of drug-likeness (QED) is 0.689. The standard InChI is InChI=1S/C18H19N5OS/c1-3-13-8-10-14(11-9-13)18-20-22-23(21-18)12-17(24)19-15-6-4-5-7-16(15)25-2/h4-11H,3,12H2,1-2H3,(H,19,24). The van der Waals surface area contributed by atoms with Gasteiger partial charge in [0.05, 0.1) is 5.69 Å². The summed E-state index contributed by atoms with van der Waals surface area (Å²) in [6, 6.07) is 15.7. The van der Waals surface area contributed by atoms with Crippen molar-refractivity contribution in [2.75, 3.05) is 11.6 Å². The molecule has 1 N–H and O–H groups in total. The molecule has 3 aromatic rings. The number of carbonyl (C=O) groups excluding carboxylic acids is 1. The van der Waals surface area contributed by atoms with Crippen LogP contribution in [0.4, 0.5) is 5.69 Å². The van der Waals surface area contributed by atoms with Crippen LogP contribution in [-0.4, -0.2) is 32.4 Å². The van der Waals surface area contributed by atoms with E-state index in [1.807, 2.05) is 54.8 Å². The van der Waals surface area contributed by atoms with E-state index in [0.717, 1.165) is 22.6 Å². The number of para-hydroxylation sites is 1. The molecule has 0 bridgehead atoms. The smallest absolute Gasteiger partial charge is 0.248 e. The highest BCUT2D eigenvalue weighted by Gasteiger charge is 2.11. The van der Waals surface area contributed by atoms with E-state index in [2.05, 4.69) is 27.7 Å². The molecule has 0 saturated heterocycles. The first-order chi connectivity index (χ1) is 12.2. The molecule has 2 aromatic carbocycles. The maximum atomic E-state index is 12.2. The molecule has 0 aliphatic carbocycles. The summed E-state index contributed by atoms with van der Waals surface area (Å²) in [5, 5.41) is 15.2. The van der Waals surface area contributed by atoms with Crippen LogP contribution in [0.15, 0.2) is 53.4 Å². The average molecular weight is 353 g/mol. The number of thioether (sulfide) groups is 1. The fraction of sp³-hybridized carbons (Fsp3) is 0.222. The molecule has 7 heteroatoms. The Hall–Kier alpha value is -2.67. The Morgan fingerprint density at radius 2 is 1.92 bits per heavy atom. The highest BCUT2D eigenvalue weighted by molar-refractivity contribution is 7.98. The number of carbonyl (C=O) groups is 1. The second-order valence-corrected chi connectivity index (χ2v) is 6.29. The zero-order valence-corrected chi connectivity index (χ0v) is 15.0. The molecular weight excluding hydrogens is 334 g/mol. The van der Waals surface area contributed by atoms with Crippen molar-refractivity contribution in [3.05, 3.63) is 54.1 Å². The number of tetrazole rings is 1. The molecular formula is C18H19N5OS. The van der Waals surface area contributed by atoms with E-state index in [0.29, 0.717) is 5.82 Å². The summed E-state index contributed by atoms with van der Waals surface area (Å²) in [6.07, 6.45) is 2.96. The van der Waals surface area contributed by atoms with Crippen LogP contribution < -0.4 is 5.32 Å². The first kappa shape index (κ1) is 17.2. The predicted molar refractivity (Wildman–Crippen MR) is 99.5 cm³/mol. The fourth-order valence-corrected chi connectivity index (χ4v) is 2.94. The van der Waals surface area contributed by atoms with E-state index in [1.165, 1.54) is 10.4 Å². The minimum Gasteiger partial charge on any atom is -0.323 e. The van der Waals surface area contributed by atoms with E-state index in [9.17, 15) is 4.79 Å². The summed E-state index contributed by atoms with van der Waals surface area (Å²) < 4.78 is 0. The Morgan fingerprint density at radius 3 is 2.64 bits per heavy atom. The largest absolute Gasteiger partial charge is 0.323 e. The number of anilines is 1. The SMILES string of the molecule is CCc1ccc(-c2nnn(CC(=O)Nc3ccccc3SC)n2)cc1. The lowest BCUT2D eigenvalue weighted by Crippen LogP contribution is -2.20. The van der Waals surface area contributed by atoms with Gasteiger partial charge in [-0.2, -0.15) is 4.80 Å². The minimum atomic E-state index is -0.188. The summed E-state index contributed by atoms with van der Waals surface area (Å²) in [5.74, 6) is 0.326. The van der Waals surface area contributed by atoms with Crippen LogP contribution >= 0.6 is 11.8 Å². The van der Waals surface area contributed by atoms with Crippen molar-refractivity contribution in [1.82, 2.24) is 20.2 Å². The Kier molecular flexibility index (Phi) is 5.45. The van der Waals surface area contributed by atoms with E-state index in [1.54, 1.807) is 11.8 Å². The maximum Gasteiger partial charge on any atom is 0.248 e. The third-order valence-corrected chi connectivity index (χ3v) is 4.54. The number of hydrogen-bond acceptors (Lipinski definition) is 5. The number of amides is 1. The zero-order chi connectivity index (χ0) is 17.6. The van der Waals surface area contributed by atoms with Crippen LogP contribution in [0.1, 0.15) is 12.5 Å². The lowest BCUT2D eigenvalue weighted by Gasteiger charge is -2.08. The van der Waals surface area contributed by atoms with Gasteiger partial charge in [-0.25, -0.2) is 0 Å². The zero-order valence-electron chi connectivity index (χ0n) is 14.1. The van der Waals surface area contributed by atoms with Gasteiger partial charge in [0.1, 0.15) is 6.54 Å². The van der Waals surface area contributed by atoms with Crippen LogP contribution in [0.25, 0.3) is 11.4 Å². The molecule has 1 heterocycles. The number of hydrogen-bond donors (Lipinski definition) is 1. The van der Waals surface area contributed by atoms with Gasteiger partial charge in [0.15, 0.2) is 0 Å². The molecule has 6 nitrogen and oxygen atoms in total. The molecule has 1 aromatic heterocycles. The van der Waals surface area contributed by atoms with Gasteiger partial charge in [-0.15, -0.1) is 22.0 Å². The summed E-state index contributed by atoms with van der Waals surface area (Å²) in [7, 11) is 0. The Morgan fingerprint density at radius 1 is 1.16 bits per heavy atom. The van der Waals surface area contributed by atoms with Gasteiger partial charge in [-0.1, -0.05) is 43.3 Å². The van der Waals surface area contributed by atoms with Crippen molar-refractivity contribution in [3.8, 4) is 11.4 Å². The molecule has 128 valence electrons. The van der Waals surface area contributed by atoms with Crippen molar-refractivity contribution in [2.24, 2.45) is 0 Å². The second-order valence-electron chi connectivity index (χ2n) is 5.44. The molecule has 0 unspecified atom stereocenters. The topological polar surface area (TPSA) is 72.7 Å². The van der Waals surface area contributed by atoms with Crippen molar-refractivity contribution in [2.45, 2.75) is 24.8 Å². The van der Waals surface area contributed by atoms with Crippen molar-refractivity contribution in [1.29, 1.82) is 0 Å². The number of benzene rings is 2. The molecule has 25 heavy (non-hydrogen) atoms. The summed E-state index contributed by atoms with van der Waals surface area (Å²) in [5.41, 5.74) is 2.93. The van der Waals surface area contributed by atoms with Gasteiger partial charge in [-0.05, 0) is 35.6 Å². The second kappa shape index (κ2) is 7.94. The van der Waals surface area contributed by atoms with E-state index < -0.39 is 0 Å². The Bertz CT molecular complexity index is 860. The third-order valence-electron chi connectivity index (χ3n) is 3.74. The Labute approximate surface area is 150 Å². The molecule has 0 fully saturated rings. The van der Waals surface area contributed by atoms with E-state index >= 15 is 0 Å². The van der Waals surface area contributed by atoms with Crippen LogP contribution in [0.2, 0.25) is 0 Å².